The van der Waals surface area contributed by atoms with Crippen molar-refractivity contribution in [1.82, 2.24) is 4.90 Å². The molecule has 20 heavy (non-hydrogen) atoms. The van der Waals surface area contributed by atoms with E-state index in [4.69, 9.17) is 29.6 Å². The third kappa shape index (κ3) is 10.1. The molecule has 0 unspecified atom stereocenters. The zero-order chi connectivity index (χ0) is 15.4. The first-order valence-electron chi connectivity index (χ1n) is 7.05. The van der Waals surface area contributed by atoms with E-state index in [1.165, 1.54) is 25.7 Å². The molecule has 0 aromatic heterocycles. The first-order chi connectivity index (χ1) is 9.51. The molecular formula is C17H25Cl2N. The summed E-state index contributed by atoms with van der Waals surface area (Å²) in [5, 5.41) is 1.41. The first-order valence-corrected chi connectivity index (χ1v) is 7.80. The zero-order valence-corrected chi connectivity index (χ0v) is 14.3. The van der Waals surface area contributed by atoms with Gasteiger partial charge in [-0.1, -0.05) is 61.4 Å². The van der Waals surface area contributed by atoms with Crippen LogP contribution in [0.3, 0.4) is 0 Å². The maximum Gasteiger partial charge on any atom is 0.0596 e. The second-order valence-corrected chi connectivity index (χ2v) is 5.74. The third-order valence-electron chi connectivity index (χ3n) is 2.89. The van der Waals surface area contributed by atoms with Crippen molar-refractivity contribution >= 4 is 23.2 Å². The molecular weight excluding hydrogens is 289 g/mol. The van der Waals surface area contributed by atoms with E-state index in [-0.39, 0.29) is 0 Å². The fourth-order valence-corrected chi connectivity index (χ4v) is 2.02. The van der Waals surface area contributed by atoms with Gasteiger partial charge in [-0.15, -0.1) is 6.42 Å². The van der Waals surface area contributed by atoms with Crippen LogP contribution < -0.4 is 0 Å². The van der Waals surface area contributed by atoms with Gasteiger partial charge in [0, 0.05) is 10.0 Å². The van der Waals surface area contributed by atoms with Gasteiger partial charge >= 0.3 is 0 Å². The second-order valence-electron chi connectivity index (χ2n) is 4.90. The molecule has 0 aliphatic rings. The van der Waals surface area contributed by atoms with Gasteiger partial charge in [-0.25, -0.2) is 0 Å². The molecule has 112 valence electrons. The SMILES string of the molecule is C#CCN(C)CCCCCC.Cc1ccc(Cl)cc1Cl. The third-order valence-corrected chi connectivity index (χ3v) is 3.53. The van der Waals surface area contributed by atoms with Crippen molar-refractivity contribution in [2.45, 2.75) is 39.5 Å². The van der Waals surface area contributed by atoms with Crippen molar-refractivity contribution in [3.63, 3.8) is 0 Å². The summed E-state index contributed by atoms with van der Waals surface area (Å²) < 4.78 is 0. The van der Waals surface area contributed by atoms with Crippen LogP contribution in [-0.2, 0) is 0 Å². The van der Waals surface area contributed by atoms with Crippen molar-refractivity contribution in [1.29, 1.82) is 0 Å². The zero-order valence-electron chi connectivity index (χ0n) is 12.8. The Morgan fingerprint density at radius 1 is 1.20 bits per heavy atom. The van der Waals surface area contributed by atoms with Gasteiger partial charge in [0.15, 0.2) is 0 Å². The van der Waals surface area contributed by atoms with Gasteiger partial charge in [-0.2, -0.15) is 0 Å². The van der Waals surface area contributed by atoms with Crippen LogP contribution in [0.2, 0.25) is 10.0 Å². The first kappa shape index (κ1) is 19.3. The molecule has 1 aromatic rings. The largest absolute Gasteiger partial charge is 0.295 e. The molecule has 1 aromatic carbocycles. The van der Waals surface area contributed by atoms with Gasteiger partial charge in [0.05, 0.1) is 6.54 Å². The van der Waals surface area contributed by atoms with Gasteiger partial charge in [0.1, 0.15) is 0 Å². The Hall–Kier alpha value is -0.680. The van der Waals surface area contributed by atoms with Crippen LogP contribution in [0.15, 0.2) is 18.2 Å². The van der Waals surface area contributed by atoms with Gasteiger partial charge in [-0.3, -0.25) is 4.90 Å². The van der Waals surface area contributed by atoms with Gasteiger partial charge in [0.25, 0.3) is 0 Å². The van der Waals surface area contributed by atoms with Crippen LogP contribution in [0, 0.1) is 19.3 Å². The summed E-state index contributed by atoms with van der Waals surface area (Å²) in [6.45, 7) is 6.10. The van der Waals surface area contributed by atoms with Gasteiger partial charge in [-0.05, 0) is 44.6 Å². The van der Waals surface area contributed by atoms with Crippen molar-refractivity contribution in [2.75, 3.05) is 20.1 Å². The second kappa shape index (κ2) is 12.1. The number of hydrogen-bond donors (Lipinski definition) is 0. The molecule has 0 radical (unpaired) electrons. The van der Waals surface area contributed by atoms with Crippen molar-refractivity contribution < 1.29 is 0 Å². The number of nitrogens with zero attached hydrogens (tertiary/aromatic N) is 1. The molecule has 0 saturated carbocycles. The van der Waals surface area contributed by atoms with Crippen molar-refractivity contribution in [3.8, 4) is 12.3 Å². The van der Waals surface area contributed by atoms with E-state index >= 15 is 0 Å². The highest BCUT2D eigenvalue weighted by Gasteiger charge is 1.94. The van der Waals surface area contributed by atoms with E-state index in [0.29, 0.717) is 5.02 Å². The van der Waals surface area contributed by atoms with E-state index in [0.717, 1.165) is 23.7 Å². The quantitative estimate of drug-likeness (QED) is 0.499. The predicted octanol–water partition coefficient (Wildman–Crippen LogP) is 5.43. The number of hydrogen-bond acceptors (Lipinski definition) is 1. The minimum atomic E-state index is 0.686. The smallest absolute Gasteiger partial charge is 0.0596 e. The fourth-order valence-electron chi connectivity index (χ4n) is 1.61. The standard InChI is InChI=1S/C10H19N.C7H6Cl2/c1-4-6-7-8-10-11(3)9-5-2;1-5-2-3-6(8)4-7(5)9/h2H,4,6-10H2,1,3H3;2-4H,1H3. The Labute approximate surface area is 134 Å². The number of benzene rings is 1. The summed E-state index contributed by atoms with van der Waals surface area (Å²) in [4.78, 5) is 2.19. The van der Waals surface area contributed by atoms with E-state index in [1.54, 1.807) is 6.07 Å². The molecule has 1 nitrogen and oxygen atoms in total. The topological polar surface area (TPSA) is 3.24 Å². The van der Waals surface area contributed by atoms with Crippen LogP contribution in [0.5, 0.6) is 0 Å². The number of unbranched alkanes of at least 4 members (excludes halogenated alkanes) is 3. The monoisotopic (exact) mass is 313 g/mol. The van der Waals surface area contributed by atoms with Gasteiger partial charge in [0.2, 0.25) is 0 Å². The highest BCUT2D eigenvalue weighted by Crippen LogP contribution is 2.19. The van der Waals surface area contributed by atoms with Gasteiger partial charge < -0.3 is 0 Å². The minimum Gasteiger partial charge on any atom is -0.295 e. The lowest BCUT2D eigenvalue weighted by atomic mass is 10.2. The minimum absolute atomic E-state index is 0.686. The Bertz CT molecular complexity index is 410. The lowest BCUT2D eigenvalue weighted by Crippen LogP contribution is -2.19. The molecule has 0 N–H and O–H groups in total. The number of halogens is 2. The average Bonchev–Trinajstić information content (AvgIpc) is 2.41. The lowest BCUT2D eigenvalue weighted by Gasteiger charge is -2.11. The maximum absolute atomic E-state index is 5.73. The maximum atomic E-state index is 5.73. The van der Waals surface area contributed by atoms with E-state index in [2.05, 4.69) is 24.8 Å². The van der Waals surface area contributed by atoms with Crippen molar-refractivity contribution in [2.24, 2.45) is 0 Å². The Morgan fingerprint density at radius 3 is 2.40 bits per heavy atom. The molecule has 0 spiro atoms. The average molecular weight is 314 g/mol. The fraction of sp³-hybridized carbons (Fsp3) is 0.529. The van der Waals surface area contributed by atoms with Crippen LogP contribution in [0.25, 0.3) is 0 Å². The summed E-state index contributed by atoms with van der Waals surface area (Å²) in [7, 11) is 2.08. The molecule has 3 heteroatoms. The highest BCUT2D eigenvalue weighted by atomic mass is 35.5. The molecule has 0 heterocycles. The van der Waals surface area contributed by atoms with Crippen LogP contribution in [0.4, 0.5) is 0 Å². The summed E-state index contributed by atoms with van der Waals surface area (Å²) in [5.74, 6) is 2.63. The molecule has 0 saturated heterocycles. The number of terminal acetylenes is 1. The number of rotatable bonds is 6. The molecule has 0 atom stereocenters. The van der Waals surface area contributed by atoms with E-state index in [1.807, 2.05) is 19.1 Å². The molecule has 0 bridgehead atoms. The molecule has 1 rings (SSSR count). The van der Waals surface area contributed by atoms with Crippen LogP contribution in [-0.4, -0.2) is 25.0 Å². The summed E-state index contributed by atoms with van der Waals surface area (Å²) in [6, 6.07) is 5.45. The van der Waals surface area contributed by atoms with Crippen LogP contribution in [0.1, 0.15) is 38.2 Å². The molecule has 0 fully saturated rings. The molecule has 0 aliphatic heterocycles. The van der Waals surface area contributed by atoms with E-state index < -0.39 is 0 Å². The number of aryl methyl sites for hydroxylation is 1. The van der Waals surface area contributed by atoms with Crippen LogP contribution >= 0.6 is 23.2 Å². The molecule has 0 aliphatic carbocycles. The summed E-state index contributed by atoms with van der Waals surface area (Å²) >= 11 is 11.4. The molecule has 0 amide bonds. The highest BCUT2D eigenvalue weighted by molar-refractivity contribution is 6.35. The predicted molar refractivity (Wildman–Crippen MR) is 91.7 cm³/mol. The normalized spacial score (nSPS) is 9.85. The summed E-state index contributed by atoms with van der Waals surface area (Å²) in [6.07, 6.45) is 10.4. The Balaban J connectivity index is 0.000000367. The Kier molecular flexibility index (Phi) is 11.7. The van der Waals surface area contributed by atoms with E-state index in [9.17, 15) is 0 Å². The summed E-state index contributed by atoms with van der Waals surface area (Å²) in [5.41, 5.74) is 1.06. The lowest BCUT2D eigenvalue weighted by molar-refractivity contribution is 0.362. The van der Waals surface area contributed by atoms with Crippen molar-refractivity contribution in [3.05, 3.63) is 33.8 Å². The Morgan fingerprint density at radius 2 is 1.90 bits per heavy atom.